The third kappa shape index (κ3) is 1.94. The fourth-order valence-corrected chi connectivity index (χ4v) is 3.14. The lowest BCUT2D eigenvalue weighted by molar-refractivity contribution is -0.115. The van der Waals surface area contributed by atoms with Crippen LogP contribution in [0.15, 0.2) is 64.6 Å². The Morgan fingerprint density at radius 1 is 0.870 bits per heavy atom. The summed E-state index contributed by atoms with van der Waals surface area (Å²) >= 11 is 4.25. The van der Waals surface area contributed by atoms with Crippen LogP contribution in [0, 0.1) is 0 Å². The summed E-state index contributed by atoms with van der Waals surface area (Å²) in [5.41, 5.74) is 9.50. The summed E-state index contributed by atoms with van der Waals surface area (Å²) in [7, 11) is 0. The quantitative estimate of drug-likeness (QED) is 0.707. The van der Waals surface area contributed by atoms with Gasteiger partial charge >= 0.3 is 0 Å². The third-order valence-electron chi connectivity index (χ3n) is 4.08. The highest BCUT2D eigenvalue weighted by molar-refractivity contribution is 7.80. The lowest BCUT2D eigenvalue weighted by atomic mass is 9.84. The van der Waals surface area contributed by atoms with Gasteiger partial charge in [0.15, 0.2) is 5.78 Å². The summed E-state index contributed by atoms with van der Waals surface area (Å²) in [6.07, 6.45) is 0. The summed E-state index contributed by atoms with van der Waals surface area (Å²) in [6, 6.07) is 14.3. The zero-order chi connectivity index (χ0) is 16.1. The number of carbonyl (C=O) groups is 2. The number of hydrogen-bond acceptors (Lipinski definition) is 4. The van der Waals surface area contributed by atoms with Gasteiger partial charge in [-0.05, 0) is 17.7 Å². The minimum absolute atomic E-state index is 0.187. The molecule has 112 valence electrons. The molecule has 0 unspecified atom stereocenters. The van der Waals surface area contributed by atoms with E-state index in [1.54, 1.807) is 24.3 Å². The largest absolute Gasteiger partial charge is 0.398 e. The van der Waals surface area contributed by atoms with Gasteiger partial charge in [0.05, 0.1) is 22.5 Å². The Kier molecular flexibility index (Phi) is 2.92. The minimum atomic E-state index is -0.342. The molecule has 1 amide bonds. The van der Waals surface area contributed by atoms with Gasteiger partial charge in [0.1, 0.15) is 0 Å². The number of nitrogens with two attached hydrogens (primary N) is 1. The van der Waals surface area contributed by atoms with E-state index in [1.165, 1.54) is 0 Å². The molecule has 0 saturated carbocycles. The molecule has 0 atom stereocenters. The normalized spacial score (nSPS) is 16.4. The lowest BCUT2D eigenvalue weighted by Crippen LogP contribution is -2.22. The molecular weight excluding hydrogens is 308 g/mol. The standard InChI is InChI=1S/C18H12N2O2S/c19-15-11-3-1-2-4-12(11)17(21)14-13(15)18(22)20-16(14)9-5-7-10(23)8-6-9/h1-8,23H,19H2,(H,20,22). The van der Waals surface area contributed by atoms with Crippen molar-refractivity contribution in [3.63, 3.8) is 0 Å². The third-order valence-corrected chi connectivity index (χ3v) is 4.38. The van der Waals surface area contributed by atoms with E-state index in [-0.39, 0.29) is 17.3 Å². The van der Waals surface area contributed by atoms with Crippen molar-refractivity contribution in [2.45, 2.75) is 4.90 Å². The molecule has 0 aromatic heterocycles. The van der Waals surface area contributed by atoms with Crippen molar-refractivity contribution >= 4 is 35.7 Å². The minimum Gasteiger partial charge on any atom is -0.398 e. The van der Waals surface area contributed by atoms with Gasteiger partial charge < -0.3 is 11.1 Å². The molecule has 4 rings (SSSR count). The monoisotopic (exact) mass is 320 g/mol. The van der Waals surface area contributed by atoms with E-state index in [2.05, 4.69) is 17.9 Å². The summed E-state index contributed by atoms with van der Waals surface area (Å²) in [4.78, 5) is 26.1. The van der Waals surface area contributed by atoms with E-state index in [0.29, 0.717) is 28.1 Å². The smallest absolute Gasteiger partial charge is 0.258 e. The van der Waals surface area contributed by atoms with Crippen LogP contribution in [0.5, 0.6) is 0 Å². The maximum Gasteiger partial charge on any atom is 0.258 e. The van der Waals surface area contributed by atoms with Crippen LogP contribution in [-0.2, 0) is 4.79 Å². The summed E-state index contributed by atoms with van der Waals surface area (Å²) in [5, 5.41) is 2.78. The highest BCUT2D eigenvalue weighted by atomic mass is 32.1. The van der Waals surface area contributed by atoms with Crippen LogP contribution < -0.4 is 11.1 Å². The Bertz CT molecular complexity index is 940. The number of amides is 1. The molecule has 0 spiro atoms. The van der Waals surface area contributed by atoms with Gasteiger partial charge in [-0.1, -0.05) is 36.4 Å². The van der Waals surface area contributed by atoms with Crippen LogP contribution in [0.3, 0.4) is 0 Å². The average molecular weight is 320 g/mol. The first-order chi connectivity index (χ1) is 11.1. The van der Waals surface area contributed by atoms with E-state index in [0.717, 1.165) is 10.5 Å². The van der Waals surface area contributed by atoms with E-state index >= 15 is 0 Å². The zero-order valence-electron chi connectivity index (χ0n) is 12.0. The molecule has 1 heterocycles. The molecule has 4 nitrogen and oxygen atoms in total. The van der Waals surface area contributed by atoms with Crippen molar-refractivity contribution in [2.75, 3.05) is 0 Å². The first-order valence-electron chi connectivity index (χ1n) is 7.07. The summed E-state index contributed by atoms with van der Waals surface area (Å²) < 4.78 is 0. The molecule has 3 N–H and O–H groups in total. The van der Waals surface area contributed by atoms with Gasteiger partial charge in [-0.3, -0.25) is 9.59 Å². The molecule has 0 radical (unpaired) electrons. The molecule has 1 aliphatic carbocycles. The van der Waals surface area contributed by atoms with Gasteiger partial charge in [-0.2, -0.15) is 0 Å². The molecule has 1 aliphatic heterocycles. The van der Waals surface area contributed by atoms with Crippen molar-refractivity contribution in [3.8, 4) is 0 Å². The Labute approximate surface area is 138 Å². The second-order valence-electron chi connectivity index (χ2n) is 5.41. The summed E-state index contributed by atoms with van der Waals surface area (Å²) in [6.45, 7) is 0. The van der Waals surface area contributed by atoms with E-state index in [1.807, 2.05) is 24.3 Å². The maximum atomic E-state index is 12.9. The number of nitrogens with one attached hydrogen (secondary N) is 1. The van der Waals surface area contributed by atoms with Crippen molar-refractivity contribution in [1.82, 2.24) is 5.32 Å². The van der Waals surface area contributed by atoms with Gasteiger partial charge in [0.2, 0.25) is 0 Å². The van der Waals surface area contributed by atoms with E-state index < -0.39 is 0 Å². The SMILES string of the molecule is NC1=C2C(=O)NC(c3ccc(S)cc3)=C2C(=O)c2ccccc21. The molecule has 23 heavy (non-hydrogen) atoms. The van der Waals surface area contributed by atoms with Crippen molar-refractivity contribution in [2.24, 2.45) is 5.73 Å². The van der Waals surface area contributed by atoms with E-state index in [9.17, 15) is 9.59 Å². The van der Waals surface area contributed by atoms with Crippen LogP contribution in [0.4, 0.5) is 0 Å². The Balaban J connectivity index is 2.01. The first kappa shape index (κ1) is 13.8. The second kappa shape index (κ2) is 4.86. The number of rotatable bonds is 1. The number of Topliss-reactive ketones (excluding diaryl/α,β-unsaturated/α-hetero) is 1. The topological polar surface area (TPSA) is 72.2 Å². The van der Waals surface area contributed by atoms with Crippen LogP contribution in [0.1, 0.15) is 21.5 Å². The van der Waals surface area contributed by atoms with Gasteiger partial charge in [0, 0.05) is 16.0 Å². The molecule has 2 aromatic rings. The van der Waals surface area contributed by atoms with Crippen LogP contribution >= 0.6 is 12.6 Å². The van der Waals surface area contributed by atoms with Gasteiger partial charge in [-0.15, -0.1) is 12.6 Å². The molecule has 0 fully saturated rings. The number of hydrogen-bond donors (Lipinski definition) is 3. The van der Waals surface area contributed by atoms with Crippen molar-refractivity contribution in [3.05, 3.63) is 76.4 Å². The fourth-order valence-electron chi connectivity index (χ4n) is 2.99. The van der Waals surface area contributed by atoms with Crippen molar-refractivity contribution in [1.29, 1.82) is 0 Å². The zero-order valence-corrected chi connectivity index (χ0v) is 12.9. The predicted octanol–water partition coefficient (Wildman–Crippen LogP) is 2.38. The number of benzene rings is 2. The van der Waals surface area contributed by atoms with E-state index in [4.69, 9.17) is 5.73 Å². The van der Waals surface area contributed by atoms with Crippen LogP contribution in [0.2, 0.25) is 0 Å². The summed E-state index contributed by atoms with van der Waals surface area (Å²) in [5.74, 6) is -0.529. The number of ketones is 1. The van der Waals surface area contributed by atoms with Gasteiger partial charge in [-0.25, -0.2) is 0 Å². The number of fused-ring (bicyclic) bond motifs is 2. The second-order valence-corrected chi connectivity index (χ2v) is 5.93. The fraction of sp³-hybridized carbons (Fsp3) is 0. The Morgan fingerprint density at radius 2 is 1.52 bits per heavy atom. The average Bonchev–Trinajstić information content (AvgIpc) is 2.91. The Morgan fingerprint density at radius 3 is 2.22 bits per heavy atom. The first-order valence-corrected chi connectivity index (χ1v) is 7.52. The highest BCUT2D eigenvalue weighted by Crippen LogP contribution is 2.39. The molecular formula is C18H12N2O2S. The highest BCUT2D eigenvalue weighted by Gasteiger charge is 2.39. The molecule has 5 heteroatoms. The molecule has 2 aromatic carbocycles. The number of carbonyl (C=O) groups excluding carboxylic acids is 2. The van der Waals surface area contributed by atoms with Gasteiger partial charge in [0.25, 0.3) is 5.91 Å². The molecule has 0 bridgehead atoms. The lowest BCUT2D eigenvalue weighted by Gasteiger charge is -2.18. The maximum absolute atomic E-state index is 12.9. The predicted molar refractivity (Wildman–Crippen MR) is 90.6 cm³/mol. The number of thiol groups is 1. The van der Waals surface area contributed by atoms with Crippen LogP contribution in [-0.4, -0.2) is 11.7 Å². The van der Waals surface area contributed by atoms with Crippen LogP contribution in [0.25, 0.3) is 11.4 Å². The molecule has 2 aliphatic rings. The Hall–Kier alpha value is -2.79. The molecule has 0 saturated heterocycles. The van der Waals surface area contributed by atoms with Crippen molar-refractivity contribution < 1.29 is 9.59 Å².